The summed E-state index contributed by atoms with van der Waals surface area (Å²) in [7, 11) is 0. The van der Waals surface area contributed by atoms with E-state index in [9.17, 15) is 4.79 Å². The van der Waals surface area contributed by atoms with Gasteiger partial charge in [0.25, 0.3) is 0 Å². The number of aromatic nitrogens is 2. The Hall–Kier alpha value is -1.08. The van der Waals surface area contributed by atoms with Gasteiger partial charge in [0.05, 0.1) is 12.6 Å². The molecule has 6 nitrogen and oxygen atoms in total. The molecule has 0 aliphatic carbocycles. The molecule has 1 aromatic rings. The van der Waals surface area contributed by atoms with Crippen LogP contribution < -0.4 is 11.1 Å². The fourth-order valence-corrected chi connectivity index (χ4v) is 1.57. The van der Waals surface area contributed by atoms with Crippen LogP contribution in [0.3, 0.4) is 0 Å². The summed E-state index contributed by atoms with van der Waals surface area (Å²) in [6.07, 6.45) is 2.64. The first-order valence-electron chi connectivity index (χ1n) is 4.95. The minimum atomic E-state index is -0.475. The van der Waals surface area contributed by atoms with Crippen molar-refractivity contribution in [1.29, 1.82) is 0 Å². The lowest BCUT2D eigenvalue weighted by Crippen LogP contribution is -2.40. The average Bonchev–Trinajstić information content (AvgIpc) is 2.68. The monoisotopic (exact) mass is 244 g/mol. The minimum Gasteiger partial charge on any atom is -0.346 e. The van der Waals surface area contributed by atoms with Crippen molar-refractivity contribution >= 4 is 17.7 Å². The van der Waals surface area contributed by atoms with E-state index in [1.165, 1.54) is 0 Å². The van der Waals surface area contributed by atoms with Gasteiger partial charge in [-0.3, -0.25) is 4.79 Å². The quantitative estimate of drug-likeness (QED) is 0.735. The Kier molecular flexibility index (Phi) is 5.27. The van der Waals surface area contributed by atoms with Gasteiger partial charge in [-0.15, -0.1) is 0 Å². The maximum absolute atomic E-state index is 11.5. The average molecular weight is 244 g/mol. The van der Waals surface area contributed by atoms with E-state index in [1.807, 2.05) is 6.26 Å². The molecule has 0 aliphatic heterocycles. The Morgan fingerprint density at radius 3 is 3.00 bits per heavy atom. The van der Waals surface area contributed by atoms with Gasteiger partial charge in [0.2, 0.25) is 11.8 Å². The molecule has 1 aromatic heterocycles. The predicted octanol–water partition coefficient (Wildman–Crippen LogP) is 0.0746. The van der Waals surface area contributed by atoms with Gasteiger partial charge in [0, 0.05) is 0 Å². The Labute approximate surface area is 98.3 Å². The van der Waals surface area contributed by atoms with Crippen LogP contribution in [0.5, 0.6) is 0 Å². The Morgan fingerprint density at radius 1 is 1.69 bits per heavy atom. The van der Waals surface area contributed by atoms with E-state index < -0.39 is 6.04 Å². The van der Waals surface area contributed by atoms with Crippen LogP contribution in [0.1, 0.15) is 18.1 Å². The maximum Gasteiger partial charge on any atom is 0.246 e. The molecule has 0 bridgehead atoms. The first-order chi connectivity index (χ1) is 7.63. The predicted molar refractivity (Wildman–Crippen MR) is 61.9 cm³/mol. The van der Waals surface area contributed by atoms with E-state index in [-0.39, 0.29) is 12.5 Å². The number of nitrogens with one attached hydrogen (secondary N) is 1. The number of thioether (sulfide) groups is 1. The molecule has 0 unspecified atom stereocenters. The molecule has 90 valence electrons. The number of carbonyl (C=O) groups is 1. The van der Waals surface area contributed by atoms with Crippen molar-refractivity contribution in [2.45, 2.75) is 25.9 Å². The minimum absolute atomic E-state index is 0.190. The van der Waals surface area contributed by atoms with Crippen molar-refractivity contribution in [2.75, 3.05) is 12.0 Å². The highest BCUT2D eigenvalue weighted by molar-refractivity contribution is 7.98. The van der Waals surface area contributed by atoms with E-state index in [0.29, 0.717) is 18.1 Å². The maximum atomic E-state index is 11.5. The van der Waals surface area contributed by atoms with Crippen molar-refractivity contribution in [1.82, 2.24) is 15.5 Å². The second kappa shape index (κ2) is 6.49. The number of amides is 1. The fourth-order valence-electron chi connectivity index (χ4n) is 1.08. The SMILES string of the molecule is CSCC[C@@H](N)C(=O)NCc1nc(C)no1. The van der Waals surface area contributed by atoms with Gasteiger partial charge < -0.3 is 15.6 Å². The third kappa shape index (κ3) is 4.19. The molecule has 0 saturated carbocycles. The van der Waals surface area contributed by atoms with Crippen LogP contribution in [-0.2, 0) is 11.3 Å². The van der Waals surface area contributed by atoms with Crippen LogP contribution >= 0.6 is 11.8 Å². The third-order valence-corrected chi connectivity index (χ3v) is 2.60. The molecular formula is C9H16N4O2S. The zero-order valence-corrected chi connectivity index (χ0v) is 10.2. The Morgan fingerprint density at radius 2 is 2.44 bits per heavy atom. The summed E-state index contributed by atoms with van der Waals surface area (Å²) in [5.41, 5.74) is 5.68. The molecule has 0 saturated heterocycles. The summed E-state index contributed by atoms with van der Waals surface area (Å²) >= 11 is 1.66. The number of carbonyl (C=O) groups excluding carboxylic acids is 1. The lowest BCUT2D eigenvalue weighted by Gasteiger charge is -2.09. The van der Waals surface area contributed by atoms with Gasteiger partial charge in [0.1, 0.15) is 0 Å². The number of nitrogens with two attached hydrogens (primary N) is 1. The van der Waals surface area contributed by atoms with E-state index in [2.05, 4.69) is 15.5 Å². The standard InChI is InChI=1S/C9H16N4O2S/c1-6-12-8(15-13-6)5-11-9(14)7(10)3-4-16-2/h7H,3-5,10H2,1-2H3,(H,11,14)/t7-/m1/s1. The number of nitrogens with zero attached hydrogens (tertiary/aromatic N) is 2. The van der Waals surface area contributed by atoms with Gasteiger partial charge in [0.15, 0.2) is 5.82 Å². The van der Waals surface area contributed by atoms with Crippen LogP contribution in [0.15, 0.2) is 4.52 Å². The van der Waals surface area contributed by atoms with Gasteiger partial charge in [-0.25, -0.2) is 0 Å². The summed E-state index contributed by atoms with van der Waals surface area (Å²) in [5.74, 6) is 1.62. The van der Waals surface area contributed by atoms with E-state index in [0.717, 1.165) is 5.75 Å². The van der Waals surface area contributed by atoms with Crippen molar-refractivity contribution < 1.29 is 9.32 Å². The van der Waals surface area contributed by atoms with Crippen molar-refractivity contribution in [3.8, 4) is 0 Å². The zero-order chi connectivity index (χ0) is 12.0. The molecule has 1 amide bonds. The molecule has 0 aliphatic rings. The summed E-state index contributed by atoms with van der Waals surface area (Å²) in [6.45, 7) is 1.95. The molecule has 1 heterocycles. The first kappa shape index (κ1) is 13.0. The largest absolute Gasteiger partial charge is 0.346 e. The van der Waals surface area contributed by atoms with Crippen LogP contribution in [-0.4, -0.2) is 34.1 Å². The number of hydrogen-bond acceptors (Lipinski definition) is 6. The van der Waals surface area contributed by atoms with Crippen molar-refractivity contribution in [3.05, 3.63) is 11.7 Å². The number of rotatable bonds is 6. The van der Waals surface area contributed by atoms with Crippen molar-refractivity contribution in [2.24, 2.45) is 5.73 Å². The molecule has 16 heavy (non-hydrogen) atoms. The summed E-state index contributed by atoms with van der Waals surface area (Å²) < 4.78 is 4.85. The third-order valence-electron chi connectivity index (χ3n) is 1.95. The highest BCUT2D eigenvalue weighted by atomic mass is 32.2. The normalized spacial score (nSPS) is 12.4. The van der Waals surface area contributed by atoms with E-state index in [1.54, 1.807) is 18.7 Å². The van der Waals surface area contributed by atoms with E-state index in [4.69, 9.17) is 10.3 Å². The van der Waals surface area contributed by atoms with Crippen LogP contribution in [0.25, 0.3) is 0 Å². The second-order valence-corrected chi connectivity index (χ2v) is 4.33. The fraction of sp³-hybridized carbons (Fsp3) is 0.667. The summed E-state index contributed by atoms with van der Waals surface area (Å²) in [5, 5.41) is 6.27. The van der Waals surface area contributed by atoms with Gasteiger partial charge in [-0.05, 0) is 25.4 Å². The molecule has 0 spiro atoms. The lowest BCUT2D eigenvalue weighted by molar-refractivity contribution is -0.122. The molecule has 3 N–H and O–H groups in total. The molecule has 0 fully saturated rings. The first-order valence-corrected chi connectivity index (χ1v) is 6.34. The molecule has 1 atom stereocenters. The number of hydrogen-bond donors (Lipinski definition) is 2. The highest BCUT2D eigenvalue weighted by Gasteiger charge is 2.13. The van der Waals surface area contributed by atoms with Crippen molar-refractivity contribution in [3.63, 3.8) is 0 Å². The van der Waals surface area contributed by atoms with Crippen LogP contribution in [0.4, 0.5) is 0 Å². The van der Waals surface area contributed by atoms with Gasteiger partial charge in [-0.1, -0.05) is 5.16 Å². The summed E-state index contributed by atoms with van der Waals surface area (Å²) in [6, 6.07) is -0.475. The molecule has 1 rings (SSSR count). The second-order valence-electron chi connectivity index (χ2n) is 3.34. The van der Waals surface area contributed by atoms with Crippen LogP contribution in [0.2, 0.25) is 0 Å². The van der Waals surface area contributed by atoms with Crippen LogP contribution in [0, 0.1) is 6.92 Å². The lowest BCUT2D eigenvalue weighted by atomic mass is 10.2. The van der Waals surface area contributed by atoms with Gasteiger partial charge in [-0.2, -0.15) is 16.7 Å². The molecule has 0 aromatic carbocycles. The topological polar surface area (TPSA) is 94.0 Å². The summed E-state index contributed by atoms with van der Waals surface area (Å²) in [4.78, 5) is 15.5. The zero-order valence-electron chi connectivity index (χ0n) is 9.40. The molecule has 7 heteroatoms. The van der Waals surface area contributed by atoms with Gasteiger partial charge >= 0.3 is 0 Å². The molecular weight excluding hydrogens is 228 g/mol. The number of aryl methyl sites for hydroxylation is 1. The smallest absolute Gasteiger partial charge is 0.246 e. The van der Waals surface area contributed by atoms with E-state index >= 15 is 0 Å². The Balaban J connectivity index is 2.29. The Bertz CT molecular complexity index is 342. The highest BCUT2D eigenvalue weighted by Crippen LogP contribution is 1.99. The molecule has 0 radical (unpaired) electrons.